The first-order valence-electron chi connectivity index (χ1n) is 20.8. The number of nitrogens with two attached hydrogens (primary N) is 1. The highest BCUT2D eigenvalue weighted by Gasteiger charge is 2.39. The van der Waals surface area contributed by atoms with E-state index in [0.717, 1.165) is 0 Å². The van der Waals surface area contributed by atoms with E-state index in [0.29, 0.717) is 29.5 Å². The lowest BCUT2D eigenvalue weighted by molar-refractivity contribution is -0.142. The molecule has 6 atom stereocenters. The van der Waals surface area contributed by atoms with Crippen molar-refractivity contribution in [3.63, 3.8) is 0 Å². The first kappa shape index (κ1) is 54.4. The Hall–Kier alpha value is -6.71. The van der Waals surface area contributed by atoms with Crippen molar-refractivity contribution in [1.29, 1.82) is 0 Å². The number of hydrogen-bond donors (Lipinski definition) is 10. The topological polar surface area (TPSA) is 347 Å². The Labute approximate surface area is 379 Å². The van der Waals surface area contributed by atoms with E-state index in [9.17, 15) is 63.0 Å². The first-order chi connectivity index (χ1) is 30.4. The molecule has 7 amide bonds. The molecule has 65 heavy (non-hydrogen) atoms. The lowest BCUT2D eigenvalue weighted by Gasteiger charge is -2.33. The van der Waals surface area contributed by atoms with Crippen molar-refractivity contribution < 1.29 is 68.1 Å². The Kier molecular flexibility index (Phi) is 21.9. The van der Waals surface area contributed by atoms with Crippen LogP contribution in [0.15, 0.2) is 41.1 Å². The van der Waals surface area contributed by atoms with Crippen LogP contribution in [0.5, 0.6) is 0 Å². The van der Waals surface area contributed by atoms with Crippen LogP contribution < -0.4 is 37.6 Å². The lowest BCUT2D eigenvalue weighted by Crippen LogP contribution is -2.62. The van der Waals surface area contributed by atoms with Gasteiger partial charge in [0.15, 0.2) is 0 Å². The molecule has 2 aromatic rings. The molecule has 356 valence electrons. The molecule has 0 unspecified atom stereocenters. The number of Topliss-reactive ketones (excluding diaryl/α,β-unsaturated/α-hetero) is 1. The van der Waals surface area contributed by atoms with Gasteiger partial charge in [-0.2, -0.15) is 11.3 Å². The molecule has 0 aliphatic carbocycles. The standard InChI is InChI=1S/C43H59N7O14S/c1-6-7-12-26(35(58)37(44)59)46-39(61)28(19-24-17-18-65-22-24)49-42(64)36(43(3,4)5)50-41(63)29(20-25-11-9-8-10-23(25)2)48-38(60)27(13-15-32(52)53)47-40(62)30(21-34(56)57)45-31(51)14-16-33(54)55/h8-11,17-18,22,26-30,36H,6-7,12-16,19-21H2,1-5H3,(H2,44,59)(H,45,51)(H,46,61)(H,47,62)(H,48,60)(H,49,64)(H,50,63)(H,52,53)(H,54,55)(H,56,57)/t26-,27-,28-,29-,30-,36+/m0/s1. The number of ketones is 1. The van der Waals surface area contributed by atoms with Gasteiger partial charge in [0.1, 0.15) is 30.2 Å². The smallest absolute Gasteiger partial charge is 0.305 e. The zero-order valence-electron chi connectivity index (χ0n) is 36.9. The Morgan fingerprint density at radius 2 is 1.18 bits per heavy atom. The number of benzene rings is 1. The van der Waals surface area contributed by atoms with Crippen molar-refractivity contribution >= 4 is 76.4 Å². The molecule has 1 heterocycles. The second kappa shape index (κ2) is 26.2. The summed E-state index contributed by atoms with van der Waals surface area (Å²) in [6.07, 6.45) is -2.53. The number of thiophene rings is 1. The van der Waals surface area contributed by atoms with Crippen molar-refractivity contribution in [1.82, 2.24) is 31.9 Å². The van der Waals surface area contributed by atoms with Crippen LogP contribution in [0, 0.1) is 12.3 Å². The molecule has 11 N–H and O–H groups in total. The van der Waals surface area contributed by atoms with Crippen LogP contribution in [0.3, 0.4) is 0 Å². The van der Waals surface area contributed by atoms with Crippen molar-refractivity contribution in [2.45, 2.75) is 135 Å². The summed E-state index contributed by atoms with van der Waals surface area (Å²) < 4.78 is 0. The van der Waals surface area contributed by atoms with Crippen LogP contribution in [0.2, 0.25) is 0 Å². The summed E-state index contributed by atoms with van der Waals surface area (Å²) in [5, 5.41) is 46.1. The highest BCUT2D eigenvalue weighted by molar-refractivity contribution is 7.07. The SMILES string of the molecule is CCCC[C@H](NC(=O)[C@H](Cc1ccsc1)NC(=O)[C@@H](NC(=O)[C@H](Cc1ccccc1C)NC(=O)[C@H](CCC(=O)O)NC(=O)[C@H](CC(=O)O)NC(=O)CCC(=O)O)C(C)(C)C)C(=O)C(N)=O. The number of carboxylic acid groups (broad SMARTS) is 3. The van der Waals surface area contributed by atoms with Crippen molar-refractivity contribution in [2.75, 3.05) is 0 Å². The molecular formula is C43H59N7O14S. The van der Waals surface area contributed by atoms with E-state index in [1.807, 2.05) is 6.92 Å². The second-order valence-corrected chi connectivity index (χ2v) is 17.2. The Bertz CT molecular complexity index is 2050. The molecule has 0 bridgehead atoms. The van der Waals surface area contributed by atoms with E-state index in [4.69, 9.17) is 10.8 Å². The maximum absolute atomic E-state index is 14.4. The zero-order valence-corrected chi connectivity index (χ0v) is 37.7. The predicted octanol–water partition coefficient (Wildman–Crippen LogP) is 0.246. The maximum Gasteiger partial charge on any atom is 0.305 e. The van der Waals surface area contributed by atoms with E-state index in [1.54, 1.807) is 68.8 Å². The molecular weight excluding hydrogens is 871 g/mol. The van der Waals surface area contributed by atoms with Crippen LogP contribution in [0.4, 0.5) is 0 Å². The van der Waals surface area contributed by atoms with Gasteiger partial charge in [0.05, 0.1) is 18.9 Å². The van der Waals surface area contributed by atoms with E-state index in [2.05, 4.69) is 31.9 Å². The third kappa shape index (κ3) is 19.3. The third-order valence-corrected chi connectivity index (χ3v) is 10.7. The number of primary amides is 1. The van der Waals surface area contributed by atoms with Crippen molar-refractivity contribution in [3.05, 3.63) is 57.8 Å². The van der Waals surface area contributed by atoms with Crippen LogP contribution in [0.1, 0.15) is 95.8 Å². The Balaban J connectivity index is 2.52. The minimum absolute atomic E-state index is 0.0497. The van der Waals surface area contributed by atoms with E-state index in [-0.39, 0.29) is 19.3 Å². The number of carboxylic acids is 3. The summed E-state index contributed by atoms with van der Waals surface area (Å²) >= 11 is 1.33. The summed E-state index contributed by atoms with van der Waals surface area (Å²) in [5.74, 6) is -12.4. The Morgan fingerprint density at radius 1 is 0.631 bits per heavy atom. The summed E-state index contributed by atoms with van der Waals surface area (Å²) in [4.78, 5) is 141. The van der Waals surface area contributed by atoms with E-state index in [1.165, 1.54) is 11.3 Å². The van der Waals surface area contributed by atoms with Gasteiger partial charge in [0.25, 0.3) is 5.91 Å². The van der Waals surface area contributed by atoms with Gasteiger partial charge in [-0.25, -0.2) is 0 Å². The normalized spacial score (nSPS) is 13.9. The van der Waals surface area contributed by atoms with Crippen molar-refractivity contribution in [3.8, 4) is 0 Å². The number of nitrogens with one attached hydrogen (secondary N) is 6. The third-order valence-electron chi connectivity index (χ3n) is 9.98. The quantitative estimate of drug-likeness (QED) is 0.0512. The predicted molar refractivity (Wildman–Crippen MR) is 234 cm³/mol. The summed E-state index contributed by atoms with van der Waals surface area (Å²) in [6, 6.07) is -0.503. The highest BCUT2D eigenvalue weighted by Crippen LogP contribution is 2.21. The van der Waals surface area contributed by atoms with Crippen LogP contribution in [-0.2, 0) is 65.6 Å². The second-order valence-electron chi connectivity index (χ2n) is 16.4. The average Bonchev–Trinajstić information content (AvgIpc) is 3.74. The molecule has 22 heteroatoms. The number of carbonyl (C=O) groups excluding carboxylic acids is 8. The first-order valence-corrected chi connectivity index (χ1v) is 21.7. The number of carbonyl (C=O) groups is 11. The number of hydrogen-bond acceptors (Lipinski definition) is 12. The fourth-order valence-electron chi connectivity index (χ4n) is 6.37. The average molecular weight is 930 g/mol. The molecule has 0 aliphatic rings. The minimum atomic E-state index is -1.82. The fraction of sp³-hybridized carbons (Fsp3) is 0.512. The molecule has 21 nitrogen and oxygen atoms in total. The van der Waals surface area contributed by atoms with Gasteiger partial charge in [-0.05, 0) is 58.7 Å². The van der Waals surface area contributed by atoms with Gasteiger partial charge in [-0.15, -0.1) is 0 Å². The molecule has 2 rings (SSSR count). The van der Waals surface area contributed by atoms with Crippen LogP contribution in [-0.4, -0.2) is 117 Å². The van der Waals surface area contributed by atoms with Gasteiger partial charge >= 0.3 is 17.9 Å². The van der Waals surface area contributed by atoms with Gasteiger partial charge in [-0.3, -0.25) is 52.7 Å². The molecule has 1 aromatic carbocycles. The van der Waals surface area contributed by atoms with Gasteiger partial charge in [-0.1, -0.05) is 64.8 Å². The zero-order chi connectivity index (χ0) is 49.0. The van der Waals surface area contributed by atoms with Crippen LogP contribution in [0.25, 0.3) is 0 Å². The minimum Gasteiger partial charge on any atom is -0.481 e. The molecule has 0 spiro atoms. The van der Waals surface area contributed by atoms with Gasteiger partial charge < -0.3 is 53.0 Å². The number of aryl methyl sites for hydroxylation is 1. The fourth-order valence-corrected chi connectivity index (χ4v) is 7.05. The monoisotopic (exact) mass is 929 g/mol. The molecule has 0 fully saturated rings. The summed E-state index contributed by atoms with van der Waals surface area (Å²) in [6.45, 7) is 8.46. The highest BCUT2D eigenvalue weighted by atomic mass is 32.1. The summed E-state index contributed by atoms with van der Waals surface area (Å²) in [5.41, 5.74) is 6.10. The van der Waals surface area contributed by atoms with Gasteiger partial charge in [0.2, 0.25) is 41.2 Å². The molecule has 0 radical (unpaired) electrons. The number of amides is 7. The van der Waals surface area contributed by atoms with Crippen molar-refractivity contribution in [2.24, 2.45) is 11.1 Å². The molecule has 0 saturated heterocycles. The largest absolute Gasteiger partial charge is 0.481 e. The Morgan fingerprint density at radius 3 is 1.74 bits per heavy atom. The lowest BCUT2D eigenvalue weighted by atomic mass is 9.85. The van der Waals surface area contributed by atoms with E-state index < -0.39 is 139 Å². The number of rotatable bonds is 28. The molecule has 0 saturated carbocycles. The number of unbranched alkanes of at least 4 members (excludes halogenated alkanes) is 1. The van der Waals surface area contributed by atoms with Crippen LogP contribution >= 0.6 is 11.3 Å². The maximum atomic E-state index is 14.4. The molecule has 0 aliphatic heterocycles. The number of aliphatic carboxylic acids is 3. The van der Waals surface area contributed by atoms with Gasteiger partial charge in [0, 0.05) is 25.7 Å². The molecule has 1 aromatic heterocycles. The summed E-state index contributed by atoms with van der Waals surface area (Å²) in [7, 11) is 0. The van der Waals surface area contributed by atoms with E-state index >= 15 is 0 Å².